The molecule has 0 aliphatic heterocycles. The number of aliphatic carboxylic acids is 1. The molecule has 2 N–H and O–H groups in total. The van der Waals surface area contributed by atoms with Crippen molar-refractivity contribution in [2.24, 2.45) is 7.05 Å². The van der Waals surface area contributed by atoms with Gasteiger partial charge in [0.2, 0.25) is 0 Å². The maximum Gasteiger partial charge on any atom is 0.329 e. The summed E-state index contributed by atoms with van der Waals surface area (Å²) in [4.78, 5) is 10.1. The first-order chi connectivity index (χ1) is 6.70. The monoisotopic (exact) mass is 196 g/mol. The molecule has 0 fully saturated rings. The van der Waals surface area contributed by atoms with Crippen molar-refractivity contribution >= 4 is 5.97 Å². The molecule has 1 rings (SSSR count). The molecule has 0 spiro atoms. The fourth-order valence-electron chi connectivity index (χ4n) is 0.931. The van der Waals surface area contributed by atoms with Gasteiger partial charge in [-0.1, -0.05) is 0 Å². The first-order valence-corrected chi connectivity index (χ1v) is 4.16. The lowest BCUT2D eigenvalue weighted by molar-refractivity contribution is -0.131. The van der Waals surface area contributed by atoms with Gasteiger partial charge in [0.05, 0.1) is 0 Å². The molecule has 0 aliphatic rings. The maximum absolute atomic E-state index is 10.1. The smallest absolute Gasteiger partial charge is 0.329 e. The highest BCUT2D eigenvalue weighted by Gasteiger charge is 1.97. The minimum Gasteiger partial charge on any atom is -0.478 e. The maximum atomic E-state index is 10.1. The van der Waals surface area contributed by atoms with Crippen LogP contribution in [0.4, 0.5) is 0 Å². The Morgan fingerprint density at radius 3 is 3.14 bits per heavy atom. The third-order valence-corrected chi connectivity index (χ3v) is 1.64. The lowest BCUT2D eigenvalue weighted by Gasteiger charge is -1.99. The quantitative estimate of drug-likeness (QED) is 0.492. The lowest BCUT2D eigenvalue weighted by Crippen LogP contribution is -2.12. The summed E-state index contributed by atoms with van der Waals surface area (Å²) >= 11 is 0. The van der Waals surface area contributed by atoms with E-state index in [9.17, 15) is 4.79 Å². The Hall–Kier alpha value is -1.85. The average Bonchev–Trinajstić information content (AvgIpc) is 2.51. The Kier molecular flexibility index (Phi) is 3.66. The van der Waals surface area contributed by atoms with E-state index in [2.05, 4.69) is 15.5 Å². The van der Waals surface area contributed by atoms with E-state index in [0.29, 0.717) is 13.0 Å². The van der Waals surface area contributed by atoms with Crippen LogP contribution in [-0.4, -0.2) is 32.4 Å². The third kappa shape index (κ3) is 3.26. The second-order valence-electron chi connectivity index (χ2n) is 2.73. The van der Waals surface area contributed by atoms with E-state index in [1.165, 1.54) is 6.20 Å². The average molecular weight is 196 g/mol. The normalized spacial score (nSPS) is 10.6. The fraction of sp³-hybridized carbons (Fsp3) is 0.375. The van der Waals surface area contributed by atoms with Crippen LogP contribution in [0.3, 0.4) is 0 Å². The van der Waals surface area contributed by atoms with Gasteiger partial charge in [-0.15, -0.1) is 10.2 Å². The minimum absolute atomic E-state index is 0.635. The summed E-state index contributed by atoms with van der Waals surface area (Å²) in [6.45, 7) is 0.635. The van der Waals surface area contributed by atoms with Crippen molar-refractivity contribution in [3.8, 4) is 0 Å². The van der Waals surface area contributed by atoms with Crippen LogP contribution in [0.2, 0.25) is 0 Å². The highest BCUT2D eigenvalue weighted by molar-refractivity contribution is 5.79. The van der Waals surface area contributed by atoms with Gasteiger partial charge in [-0.25, -0.2) is 4.79 Å². The van der Waals surface area contributed by atoms with E-state index in [0.717, 1.165) is 11.9 Å². The molecule has 0 bridgehead atoms. The van der Waals surface area contributed by atoms with E-state index in [-0.39, 0.29) is 0 Å². The summed E-state index contributed by atoms with van der Waals surface area (Å²) in [6.07, 6.45) is 4.79. The van der Waals surface area contributed by atoms with Crippen molar-refractivity contribution < 1.29 is 9.90 Å². The summed E-state index contributed by atoms with van der Waals surface area (Å²) in [5.74, 6) is -0.0996. The molecule has 0 aromatic carbocycles. The van der Waals surface area contributed by atoms with Gasteiger partial charge in [0, 0.05) is 32.3 Å². The molecular weight excluding hydrogens is 184 g/mol. The van der Waals surface area contributed by atoms with Gasteiger partial charge in [-0.05, 0) is 0 Å². The fourth-order valence-corrected chi connectivity index (χ4v) is 0.931. The summed E-state index contributed by atoms with van der Waals surface area (Å²) in [6, 6.07) is 0. The standard InChI is InChI=1S/C8H12N4O2/c1-12-6-10-11-7(12)2-4-9-5-3-8(13)14/h3,5-6,9H,2,4H2,1H3,(H,13,14)/b5-3+. The molecule has 6 heteroatoms. The van der Waals surface area contributed by atoms with E-state index < -0.39 is 5.97 Å². The molecule has 0 amide bonds. The van der Waals surface area contributed by atoms with Crippen LogP contribution in [-0.2, 0) is 18.3 Å². The van der Waals surface area contributed by atoms with Crippen molar-refractivity contribution in [2.75, 3.05) is 6.54 Å². The third-order valence-electron chi connectivity index (χ3n) is 1.64. The number of rotatable bonds is 5. The molecule has 1 heterocycles. The van der Waals surface area contributed by atoms with Crippen molar-refractivity contribution in [3.63, 3.8) is 0 Å². The van der Waals surface area contributed by atoms with Crippen LogP contribution in [0.5, 0.6) is 0 Å². The molecule has 0 aliphatic carbocycles. The summed E-state index contributed by atoms with van der Waals surface area (Å²) in [5, 5.41) is 18.7. The number of aromatic nitrogens is 3. The SMILES string of the molecule is Cn1cnnc1CCN/C=C/C(=O)O. The lowest BCUT2D eigenvalue weighted by atomic mass is 10.4. The Morgan fingerprint density at radius 1 is 1.79 bits per heavy atom. The topological polar surface area (TPSA) is 80.0 Å². The van der Waals surface area contributed by atoms with Gasteiger partial charge in [-0.3, -0.25) is 0 Å². The van der Waals surface area contributed by atoms with Gasteiger partial charge in [-0.2, -0.15) is 0 Å². The van der Waals surface area contributed by atoms with Crippen molar-refractivity contribution in [1.29, 1.82) is 0 Å². The molecule has 1 aromatic rings. The van der Waals surface area contributed by atoms with Gasteiger partial charge >= 0.3 is 5.97 Å². The summed E-state index contributed by atoms with van der Waals surface area (Å²) < 4.78 is 1.82. The zero-order valence-electron chi connectivity index (χ0n) is 7.84. The predicted octanol–water partition coefficient (Wildman–Crippen LogP) is -0.455. The van der Waals surface area contributed by atoms with E-state index in [1.54, 1.807) is 6.33 Å². The molecule has 6 nitrogen and oxygen atoms in total. The van der Waals surface area contributed by atoms with Gasteiger partial charge in [0.15, 0.2) is 0 Å². The van der Waals surface area contributed by atoms with E-state index in [1.807, 2.05) is 11.6 Å². The largest absolute Gasteiger partial charge is 0.478 e. The first-order valence-electron chi connectivity index (χ1n) is 4.16. The van der Waals surface area contributed by atoms with Crippen molar-refractivity contribution in [3.05, 3.63) is 24.4 Å². The van der Waals surface area contributed by atoms with Gasteiger partial charge < -0.3 is 15.0 Å². The van der Waals surface area contributed by atoms with Gasteiger partial charge in [0.25, 0.3) is 0 Å². The number of nitrogens with zero attached hydrogens (tertiary/aromatic N) is 3. The van der Waals surface area contributed by atoms with Crippen molar-refractivity contribution in [2.45, 2.75) is 6.42 Å². The number of aryl methyl sites for hydroxylation is 1. The molecule has 14 heavy (non-hydrogen) atoms. The van der Waals surface area contributed by atoms with Crippen molar-refractivity contribution in [1.82, 2.24) is 20.1 Å². The van der Waals surface area contributed by atoms with Crippen LogP contribution in [0.1, 0.15) is 5.82 Å². The van der Waals surface area contributed by atoms with Crippen LogP contribution in [0.25, 0.3) is 0 Å². The molecule has 0 radical (unpaired) electrons. The molecule has 0 saturated heterocycles. The van der Waals surface area contributed by atoms with E-state index >= 15 is 0 Å². The van der Waals surface area contributed by atoms with Gasteiger partial charge in [0.1, 0.15) is 12.2 Å². The summed E-state index contributed by atoms with van der Waals surface area (Å²) in [7, 11) is 1.86. The molecule has 1 aromatic heterocycles. The second-order valence-corrected chi connectivity index (χ2v) is 2.73. The molecule has 76 valence electrons. The molecule has 0 saturated carbocycles. The Bertz CT molecular complexity index is 332. The second kappa shape index (κ2) is 5.00. The number of nitrogens with one attached hydrogen (secondary N) is 1. The number of carboxylic acids is 1. The highest BCUT2D eigenvalue weighted by atomic mass is 16.4. The Morgan fingerprint density at radius 2 is 2.57 bits per heavy atom. The number of carbonyl (C=O) groups is 1. The zero-order valence-corrected chi connectivity index (χ0v) is 7.84. The minimum atomic E-state index is -0.962. The number of hydrogen-bond acceptors (Lipinski definition) is 4. The first kappa shape index (κ1) is 10.2. The van der Waals surface area contributed by atoms with Crippen LogP contribution in [0.15, 0.2) is 18.6 Å². The highest BCUT2D eigenvalue weighted by Crippen LogP contribution is 1.90. The van der Waals surface area contributed by atoms with E-state index in [4.69, 9.17) is 5.11 Å². The zero-order chi connectivity index (χ0) is 10.4. The predicted molar refractivity (Wildman–Crippen MR) is 49.5 cm³/mol. The Balaban J connectivity index is 2.23. The van der Waals surface area contributed by atoms with Crippen LogP contribution >= 0.6 is 0 Å². The number of hydrogen-bond donors (Lipinski definition) is 2. The molecule has 0 atom stereocenters. The molecule has 0 unspecified atom stereocenters. The van der Waals surface area contributed by atoms with Crippen LogP contribution < -0.4 is 5.32 Å². The molecular formula is C8H12N4O2. The number of carboxylic acid groups (broad SMARTS) is 1. The van der Waals surface area contributed by atoms with Crippen LogP contribution in [0, 0.1) is 0 Å². The summed E-state index contributed by atoms with van der Waals surface area (Å²) in [5.41, 5.74) is 0. The Labute approximate surface area is 81.3 Å².